The van der Waals surface area contributed by atoms with Crippen molar-refractivity contribution in [2.24, 2.45) is 0 Å². The largest absolute Gasteiger partial charge is 0.492 e. The number of furan rings is 1. The SMILES string of the molecule is CC(C)NC(=O)Cn1c(-c2cc3ccccc3o2)nc2ncc(OCCCN3CCOCC3)cc2c1=O. The summed E-state index contributed by atoms with van der Waals surface area (Å²) in [5.74, 6) is 0.837. The van der Waals surface area contributed by atoms with Crippen molar-refractivity contribution < 1.29 is 18.7 Å². The van der Waals surface area contributed by atoms with Crippen molar-refractivity contribution in [2.75, 3.05) is 39.5 Å². The van der Waals surface area contributed by atoms with Gasteiger partial charge in [-0.05, 0) is 38.5 Å². The van der Waals surface area contributed by atoms with E-state index in [9.17, 15) is 9.59 Å². The van der Waals surface area contributed by atoms with Gasteiger partial charge in [0.1, 0.15) is 17.9 Å². The zero-order valence-electron chi connectivity index (χ0n) is 21.1. The average Bonchev–Trinajstić information content (AvgIpc) is 3.33. The Morgan fingerprint density at radius 3 is 2.78 bits per heavy atom. The second-order valence-electron chi connectivity index (χ2n) is 9.40. The lowest BCUT2D eigenvalue weighted by molar-refractivity contribution is -0.122. The maximum atomic E-state index is 13.6. The van der Waals surface area contributed by atoms with Crippen LogP contribution in [0.5, 0.6) is 5.75 Å². The van der Waals surface area contributed by atoms with Gasteiger partial charge in [-0.2, -0.15) is 0 Å². The molecule has 1 fully saturated rings. The van der Waals surface area contributed by atoms with E-state index in [1.165, 1.54) is 4.57 Å². The van der Waals surface area contributed by atoms with E-state index in [-0.39, 0.29) is 40.9 Å². The van der Waals surface area contributed by atoms with Crippen LogP contribution in [0.15, 0.2) is 51.8 Å². The molecule has 10 heteroatoms. The lowest BCUT2D eigenvalue weighted by atomic mass is 10.2. The van der Waals surface area contributed by atoms with Crippen LogP contribution >= 0.6 is 0 Å². The second-order valence-corrected chi connectivity index (χ2v) is 9.40. The van der Waals surface area contributed by atoms with Crippen LogP contribution in [0.2, 0.25) is 0 Å². The van der Waals surface area contributed by atoms with Crippen LogP contribution in [0.4, 0.5) is 0 Å². The number of fused-ring (bicyclic) bond motifs is 2. The minimum Gasteiger partial charge on any atom is -0.492 e. The molecular weight excluding hydrogens is 474 g/mol. The molecule has 0 radical (unpaired) electrons. The lowest BCUT2D eigenvalue weighted by Gasteiger charge is -2.26. The molecule has 4 heterocycles. The fourth-order valence-corrected chi connectivity index (χ4v) is 4.41. The number of rotatable bonds is 9. The van der Waals surface area contributed by atoms with Gasteiger partial charge in [-0.15, -0.1) is 0 Å². The summed E-state index contributed by atoms with van der Waals surface area (Å²) in [6.07, 6.45) is 2.42. The quantitative estimate of drug-likeness (QED) is 0.346. The predicted octanol–water partition coefficient (Wildman–Crippen LogP) is 2.83. The van der Waals surface area contributed by atoms with Gasteiger partial charge in [0, 0.05) is 31.1 Å². The smallest absolute Gasteiger partial charge is 0.264 e. The van der Waals surface area contributed by atoms with Crippen molar-refractivity contribution in [1.29, 1.82) is 0 Å². The first kappa shape index (κ1) is 24.9. The van der Waals surface area contributed by atoms with Crippen molar-refractivity contribution in [1.82, 2.24) is 24.8 Å². The van der Waals surface area contributed by atoms with Crippen LogP contribution < -0.4 is 15.6 Å². The molecule has 0 atom stereocenters. The molecule has 1 N–H and O–H groups in total. The highest BCUT2D eigenvalue weighted by molar-refractivity contribution is 5.84. The van der Waals surface area contributed by atoms with Crippen LogP contribution in [0.3, 0.4) is 0 Å². The van der Waals surface area contributed by atoms with Gasteiger partial charge < -0.3 is 19.2 Å². The van der Waals surface area contributed by atoms with Crippen molar-refractivity contribution in [3.05, 3.63) is 52.9 Å². The molecule has 1 saturated heterocycles. The minimum absolute atomic E-state index is 0.0644. The van der Waals surface area contributed by atoms with E-state index in [0.717, 1.165) is 44.7 Å². The number of benzene rings is 1. The minimum atomic E-state index is -0.384. The Kier molecular flexibility index (Phi) is 7.47. The van der Waals surface area contributed by atoms with Crippen LogP contribution in [0.25, 0.3) is 33.6 Å². The van der Waals surface area contributed by atoms with Gasteiger partial charge in [-0.3, -0.25) is 19.1 Å². The van der Waals surface area contributed by atoms with Crippen LogP contribution in [-0.4, -0.2) is 70.8 Å². The molecule has 3 aromatic heterocycles. The third-order valence-corrected chi connectivity index (χ3v) is 6.17. The number of pyridine rings is 1. The fourth-order valence-electron chi connectivity index (χ4n) is 4.41. The number of nitrogens with one attached hydrogen (secondary N) is 1. The van der Waals surface area contributed by atoms with E-state index in [1.807, 2.05) is 44.2 Å². The summed E-state index contributed by atoms with van der Waals surface area (Å²) in [5, 5.41) is 3.99. The van der Waals surface area contributed by atoms with Crippen LogP contribution in [0, 0.1) is 0 Å². The normalized spacial score (nSPS) is 14.5. The Labute approximate surface area is 214 Å². The molecule has 0 bridgehead atoms. The molecular formula is C27H31N5O5. The Morgan fingerprint density at radius 2 is 2.00 bits per heavy atom. The Balaban J connectivity index is 1.44. The number of amides is 1. The van der Waals surface area contributed by atoms with Crippen molar-refractivity contribution >= 4 is 27.9 Å². The van der Waals surface area contributed by atoms with Gasteiger partial charge in [0.2, 0.25) is 5.91 Å². The summed E-state index contributed by atoms with van der Waals surface area (Å²) in [7, 11) is 0. The van der Waals surface area contributed by atoms with E-state index in [1.54, 1.807) is 12.3 Å². The van der Waals surface area contributed by atoms with Crippen LogP contribution in [-0.2, 0) is 16.1 Å². The van der Waals surface area contributed by atoms with E-state index in [4.69, 9.17) is 13.9 Å². The molecule has 5 rings (SSSR count). The summed E-state index contributed by atoms with van der Waals surface area (Å²) in [4.78, 5) is 37.7. The van der Waals surface area contributed by atoms with Gasteiger partial charge in [0.25, 0.3) is 5.56 Å². The highest BCUT2D eigenvalue weighted by Gasteiger charge is 2.20. The van der Waals surface area contributed by atoms with Crippen molar-refractivity contribution in [3.8, 4) is 17.3 Å². The maximum Gasteiger partial charge on any atom is 0.264 e. The number of para-hydroxylation sites is 1. The van der Waals surface area contributed by atoms with Crippen LogP contribution in [0.1, 0.15) is 20.3 Å². The lowest BCUT2D eigenvalue weighted by Crippen LogP contribution is -2.37. The number of carbonyl (C=O) groups is 1. The standard InChI is InChI=1S/C27H31N5O5/c1-18(2)29-24(33)17-32-26(23-14-19-6-3-4-7-22(19)37-23)30-25-21(27(32)34)15-20(16-28-25)36-11-5-8-31-9-12-35-13-10-31/h3-4,6-7,14-16,18H,5,8-13,17H2,1-2H3,(H,29,33). The highest BCUT2D eigenvalue weighted by Crippen LogP contribution is 2.27. The van der Waals surface area contributed by atoms with Gasteiger partial charge in [0.15, 0.2) is 17.2 Å². The highest BCUT2D eigenvalue weighted by atomic mass is 16.5. The Morgan fingerprint density at radius 1 is 1.19 bits per heavy atom. The molecule has 1 aromatic carbocycles. The summed E-state index contributed by atoms with van der Waals surface area (Å²) in [5.41, 5.74) is 0.547. The predicted molar refractivity (Wildman–Crippen MR) is 140 cm³/mol. The zero-order chi connectivity index (χ0) is 25.8. The first-order chi connectivity index (χ1) is 18.0. The van der Waals surface area contributed by atoms with E-state index >= 15 is 0 Å². The molecule has 1 aliphatic heterocycles. The summed E-state index contributed by atoms with van der Waals surface area (Å²) >= 11 is 0. The molecule has 0 spiro atoms. The topological polar surface area (TPSA) is 112 Å². The molecule has 0 unspecified atom stereocenters. The summed E-state index contributed by atoms with van der Waals surface area (Å²) in [6.45, 7) is 8.35. The van der Waals surface area contributed by atoms with Gasteiger partial charge in [-0.1, -0.05) is 18.2 Å². The van der Waals surface area contributed by atoms with E-state index in [2.05, 4.69) is 20.2 Å². The Bertz CT molecular complexity index is 1420. The number of hydrogen-bond donors (Lipinski definition) is 1. The number of morpholine rings is 1. The number of carbonyl (C=O) groups excluding carboxylic acids is 1. The fraction of sp³-hybridized carbons (Fsp3) is 0.407. The molecule has 0 saturated carbocycles. The van der Waals surface area contributed by atoms with Crippen molar-refractivity contribution in [2.45, 2.75) is 32.9 Å². The first-order valence-corrected chi connectivity index (χ1v) is 12.6. The molecule has 194 valence electrons. The third-order valence-electron chi connectivity index (χ3n) is 6.17. The average molecular weight is 506 g/mol. The molecule has 1 aliphatic rings. The van der Waals surface area contributed by atoms with E-state index in [0.29, 0.717) is 23.7 Å². The zero-order valence-corrected chi connectivity index (χ0v) is 21.1. The van der Waals surface area contributed by atoms with E-state index < -0.39 is 0 Å². The Hall–Kier alpha value is -3.76. The molecule has 10 nitrogen and oxygen atoms in total. The molecule has 1 amide bonds. The van der Waals surface area contributed by atoms with Gasteiger partial charge >= 0.3 is 0 Å². The van der Waals surface area contributed by atoms with Gasteiger partial charge in [0.05, 0.1) is 31.4 Å². The molecule has 0 aliphatic carbocycles. The van der Waals surface area contributed by atoms with Gasteiger partial charge in [-0.25, -0.2) is 9.97 Å². The van der Waals surface area contributed by atoms with Crippen molar-refractivity contribution in [3.63, 3.8) is 0 Å². The maximum absolute atomic E-state index is 13.6. The third kappa shape index (κ3) is 5.81. The number of nitrogens with zero attached hydrogens (tertiary/aromatic N) is 4. The number of hydrogen-bond acceptors (Lipinski definition) is 8. The summed E-state index contributed by atoms with van der Waals surface area (Å²) < 4.78 is 18.6. The molecule has 4 aromatic rings. The number of ether oxygens (including phenoxy) is 2. The first-order valence-electron chi connectivity index (χ1n) is 12.6. The summed E-state index contributed by atoms with van der Waals surface area (Å²) in [6, 6.07) is 10.9. The number of aromatic nitrogens is 3. The monoisotopic (exact) mass is 505 g/mol. The second kappa shape index (κ2) is 11.1. The molecule has 37 heavy (non-hydrogen) atoms.